The Balaban J connectivity index is 2.31. The van der Waals surface area contributed by atoms with Gasteiger partial charge in [-0.2, -0.15) is 0 Å². The highest BCUT2D eigenvalue weighted by atomic mass is 16.4. The summed E-state index contributed by atoms with van der Waals surface area (Å²) in [6, 6.07) is 0. The van der Waals surface area contributed by atoms with Gasteiger partial charge in [0.15, 0.2) is 0 Å². The summed E-state index contributed by atoms with van der Waals surface area (Å²) in [5.41, 5.74) is 1.89. The van der Waals surface area contributed by atoms with Crippen LogP contribution in [0.2, 0.25) is 0 Å². The van der Waals surface area contributed by atoms with Gasteiger partial charge in [-0.3, -0.25) is 4.90 Å². The second-order valence-electron chi connectivity index (χ2n) is 3.27. The third-order valence-electron chi connectivity index (χ3n) is 2.36. The molecule has 2 heterocycles. The largest absolute Gasteiger partial charge is 0.475 e. The first-order valence-corrected chi connectivity index (χ1v) is 4.51. The molecule has 0 aromatic carbocycles. The molecule has 0 saturated heterocycles. The lowest BCUT2D eigenvalue weighted by molar-refractivity contribution is 0.0683. The number of nitrogens with zero attached hydrogens (tertiary/aromatic N) is 3. The lowest BCUT2D eigenvalue weighted by Gasteiger charge is -2.08. The molecule has 1 N–H and O–H groups in total. The summed E-state index contributed by atoms with van der Waals surface area (Å²) in [7, 11) is 0. The molecule has 0 saturated carbocycles. The highest BCUT2D eigenvalue weighted by Crippen LogP contribution is 2.19. The molecule has 0 bridgehead atoms. The highest BCUT2D eigenvalue weighted by molar-refractivity contribution is 5.83. The Bertz CT molecular complexity index is 378. The second kappa shape index (κ2) is 3.34. The van der Waals surface area contributed by atoms with E-state index in [4.69, 9.17) is 5.11 Å². The summed E-state index contributed by atoms with van der Waals surface area (Å²) in [4.78, 5) is 20.6. The molecule has 1 aromatic heterocycles. The Morgan fingerprint density at radius 1 is 1.64 bits per heavy atom. The van der Waals surface area contributed by atoms with E-state index in [9.17, 15) is 4.79 Å². The van der Waals surface area contributed by atoms with Crippen molar-refractivity contribution in [1.82, 2.24) is 14.9 Å². The topological polar surface area (TPSA) is 66.3 Å². The van der Waals surface area contributed by atoms with Crippen LogP contribution >= 0.6 is 0 Å². The molecule has 0 fully saturated rings. The normalized spacial score (nSPS) is 15.5. The number of rotatable bonds is 2. The van der Waals surface area contributed by atoms with E-state index in [1.807, 2.05) is 0 Å². The van der Waals surface area contributed by atoms with Crippen molar-refractivity contribution in [1.29, 1.82) is 0 Å². The van der Waals surface area contributed by atoms with Crippen molar-refractivity contribution in [3.8, 4) is 0 Å². The molecule has 0 atom stereocenters. The molecular formula is C9H11N3O2. The second-order valence-corrected chi connectivity index (χ2v) is 3.27. The van der Waals surface area contributed by atoms with Crippen LogP contribution in [0.15, 0.2) is 6.20 Å². The zero-order valence-corrected chi connectivity index (χ0v) is 7.90. The molecule has 0 unspecified atom stereocenters. The number of carboxylic acid groups (broad SMARTS) is 1. The quantitative estimate of drug-likeness (QED) is 0.741. The van der Waals surface area contributed by atoms with Crippen molar-refractivity contribution in [2.75, 3.05) is 6.54 Å². The molecule has 1 aliphatic heterocycles. The molecule has 0 radical (unpaired) electrons. The van der Waals surface area contributed by atoms with E-state index in [2.05, 4.69) is 21.8 Å². The van der Waals surface area contributed by atoms with Gasteiger partial charge in [0, 0.05) is 24.8 Å². The molecule has 1 aliphatic rings. The molecule has 5 heteroatoms. The third-order valence-corrected chi connectivity index (χ3v) is 2.36. The zero-order chi connectivity index (χ0) is 10.1. The van der Waals surface area contributed by atoms with Crippen LogP contribution in [0.1, 0.15) is 28.8 Å². The lowest BCUT2D eigenvalue weighted by atomic mass is 10.3. The van der Waals surface area contributed by atoms with Crippen LogP contribution in [0.25, 0.3) is 0 Å². The van der Waals surface area contributed by atoms with Crippen LogP contribution in [0.4, 0.5) is 0 Å². The monoisotopic (exact) mass is 193 g/mol. The summed E-state index contributed by atoms with van der Waals surface area (Å²) in [5.74, 6) is -1.18. The highest BCUT2D eigenvalue weighted by Gasteiger charge is 2.20. The molecule has 0 amide bonds. The Labute approximate surface area is 81.4 Å². The van der Waals surface area contributed by atoms with Crippen LogP contribution in [-0.4, -0.2) is 32.5 Å². The first-order valence-electron chi connectivity index (χ1n) is 4.51. The SMILES string of the molecule is CCN1Cc2cnc(C(=O)O)nc2C1. The van der Waals surface area contributed by atoms with Gasteiger partial charge in [0.05, 0.1) is 5.69 Å². The summed E-state index contributed by atoms with van der Waals surface area (Å²) in [6.45, 7) is 4.57. The van der Waals surface area contributed by atoms with Crippen molar-refractivity contribution in [2.24, 2.45) is 0 Å². The average molecular weight is 193 g/mol. The van der Waals surface area contributed by atoms with E-state index in [1.165, 1.54) is 0 Å². The van der Waals surface area contributed by atoms with Crippen LogP contribution < -0.4 is 0 Å². The Morgan fingerprint density at radius 3 is 3.07 bits per heavy atom. The minimum atomic E-state index is -1.07. The molecule has 2 rings (SSSR count). The zero-order valence-electron chi connectivity index (χ0n) is 7.90. The summed E-state index contributed by atoms with van der Waals surface area (Å²) in [6.07, 6.45) is 1.61. The Hall–Kier alpha value is -1.49. The van der Waals surface area contributed by atoms with Gasteiger partial charge in [0.2, 0.25) is 5.82 Å². The number of carbonyl (C=O) groups is 1. The fourth-order valence-corrected chi connectivity index (χ4v) is 1.55. The van der Waals surface area contributed by atoms with Gasteiger partial charge in [-0.15, -0.1) is 0 Å². The fourth-order valence-electron chi connectivity index (χ4n) is 1.55. The molecule has 0 aliphatic carbocycles. The van der Waals surface area contributed by atoms with Crippen LogP contribution in [-0.2, 0) is 13.1 Å². The Kier molecular flexibility index (Phi) is 2.17. The predicted octanol–water partition coefficient (Wildman–Crippen LogP) is 0.510. The van der Waals surface area contributed by atoms with Crippen LogP contribution in [0.3, 0.4) is 0 Å². The summed E-state index contributed by atoms with van der Waals surface area (Å²) in [5, 5.41) is 8.70. The molecule has 5 nitrogen and oxygen atoms in total. The van der Waals surface area contributed by atoms with E-state index in [0.717, 1.165) is 30.9 Å². The summed E-state index contributed by atoms with van der Waals surface area (Å²) >= 11 is 0. The van der Waals surface area contributed by atoms with Crippen molar-refractivity contribution >= 4 is 5.97 Å². The first-order chi connectivity index (χ1) is 6.70. The van der Waals surface area contributed by atoms with E-state index in [0.29, 0.717) is 0 Å². The molecule has 74 valence electrons. The first kappa shape index (κ1) is 9.08. The van der Waals surface area contributed by atoms with Gasteiger partial charge in [-0.25, -0.2) is 14.8 Å². The predicted molar refractivity (Wildman–Crippen MR) is 48.8 cm³/mol. The maximum atomic E-state index is 10.6. The van der Waals surface area contributed by atoms with Crippen LogP contribution in [0, 0.1) is 0 Å². The lowest BCUT2D eigenvalue weighted by Crippen LogP contribution is -2.14. The number of fused-ring (bicyclic) bond motifs is 1. The number of hydrogen-bond donors (Lipinski definition) is 1. The molecule has 1 aromatic rings. The van der Waals surface area contributed by atoms with Crippen molar-refractivity contribution in [2.45, 2.75) is 20.0 Å². The smallest absolute Gasteiger partial charge is 0.373 e. The van der Waals surface area contributed by atoms with Crippen molar-refractivity contribution < 1.29 is 9.90 Å². The van der Waals surface area contributed by atoms with Gasteiger partial charge < -0.3 is 5.11 Å². The standard InChI is InChI=1S/C9H11N3O2/c1-2-12-4-6-3-10-8(9(13)14)11-7(6)5-12/h3H,2,4-5H2,1H3,(H,13,14). The maximum Gasteiger partial charge on any atom is 0.373 e. The fraction of sp³-hybridized carbons (Fsp3) is 0.444. The number of carboxylic acids is 1. The van der Waals surface area contributed by atoms with Gasteiger partial charge >= 0.3 is 5.97 Å². The van der Waals surface area contributed by atoms with Crippen molar-refractivity contribution in [3.63, 3.8) is 0 Å². The van der Waals surface area contributed by atoms with E-state index < -0.39 is 5.97 Å². The van der Waals surface area contributed by atoms with Crippen molar-refractivity contribution in [3.05, 3.63) is 23.3 Å². The van der Waals surface area contributed by atoms with Gasteiger partial charge in [0.1, 0.15) is 0 Å². The van der Waals surface area contributed by atoms with Gasteiger partial charge in [0.25, 0.3) is 0 Å². The molecule has 14 heavy (non-hydrogen) atoms. The van der Waals surface area contributed by atoms with Crippen LogP contribution in [0.5, 0.6) is 0 Å². The maximum absolute atomic E-state index is 10.6. The Morgan fingerprint density at radius 2 is 2.43 bits per heavy atom. The average Bonchev–Trinajstić information content (AvgIpc) is 2.58. The molecular weight excluding hydrogens is 182 g/mol. The third kappa shape index (κ3) is 1.46. The summed E-state index contributed by atoms with van der Waals surface area (Å²) < 4.78 is 0. The number of aromatic carboxylic acids is 1. The van der Waals surface area contributed by atoms with Gasteiger partial charge in [-0.1, -0.05) is 6.92 Å². The minimum absolute atomic E-state index is 0.110. The minimum Gasteiger partial charge on any atom is -0.475 e. The van der Waals surface area contributed by atoms with Gasteiger partial charge in [-0.05, 0) is 6.54 Å². The molecule has 0 spiro atoms. The van der Waals surface area contributed by atoms with E-state index in [-0.39, 0.29) is 5.82 Å². The van der Waals surface area contributed by atoms with E-state index in [1.54, 1.807) is 6.20 Å². The van der Waals surface area contributed by atoms with E-state index >= 15 is 0 Å². The number of hydrogen-bond acceptors (Lipinski definition) is 4. The number of aromatic nitrogens is 2.